The van der Waals surface area contributed by atoms with Crippen molar-refractivity contribution in [2.45, 2.75) is 24.7 Å². The molecule has 5 rings (SSSR count). The maximum absolute atomic E-state index is 13.0. The van der Waals surface area contributed by atoms with E-state index in [2.05, 4.69) is 9.71 Å². The second-order valence-corrected chi connectivity index (χ2v) is 10.1. The molecule has 0 aromatic heterocycles. The maximum atomic E-state index is 13.0. The van der Waals surface area contributed by atoms with Crippen molar-refractivity contribution in [3.05, 3.63) is 83.9 Å². The summed E-state index contributed by atoms with van der Waals surface area (Å²) in [5, 5.41) is 3.02. The van der Waals surface area contributed by atoms with Crippen molar-refractivity contribution in [1.82, 2.24) is 4.90 Å². The minimum absolute atomic E-state index is 0.0685. The first-order valence-corrected chi connectivity index (χ1v) is 12.7. The Morgan fingerprint density at radius 3 is 2.41 bits per heavy atom. The minimum Gasteiger partial charge on any atom is -0.455 e. The van der Waals surface area contributed by atoms with Crippen LogP contribution < -0.4 is 10.1 Å². The summed E-state index contributed by atoms with van der Waals surface area (Å²) >= 11 is 0. The molecule has 7 nitrogen and oxygen atoms in total. The summed E-state index contributed by atoms with van der Waals surface area (Å²) in [6.45, 7) is 3.13. The summed E-state index contributed by atoms with van der Waals surface area (Å²) in [6, 6.07) is 22.0. The summed E-state index contributed by atoms with van der Waals surface area (Å²) in [5.41, 5.74) is 2.40. The van der Waals surface area contributed by atoms with Crippen LogP contribution in [0.15, 0.2) is 82.1 Å². The highest BCUT2D eigenvalue weighted by molar-refractivity contribution is 7.90. The van der Waals surface area contributed by atoms with Gasteiger partial charge >= 0.3 is 0 Å². The molecule has 3 aromatic carbocycles. The predicted molar refractivity (Wildman–Crippen MR) is 131 cm³/mol. The third kappa shape index (κ3) is 4.41. The Bertz CT molecular complexity index is 1360. The Morgan fingerprint density at radius 2 is 1.65 bits per heavy atom. The van der Waals surface area contributed by atoms with E-state index in [1.54, 1.807) is 18.2 Å². The largest absolute Gasteiger partial charge is 0.455 e. The van der Waals surface area contributed by atoms with Crippen LogP contribution in [0.4, 0.5) is 5.69 Å². The number of sulfonamides is 1. The van der Waals surface area contributed by atoms with E-state index < -0.39 is 10.0 Å². The molecular weight excluding hydrogens is 450 g/mol. The molecule has 1 fully saturated rings. The van der Waals surface area contributed by atoms with Gasteiger partial charge in [0.2, 0.25) is 5.91 Å². The average molecular weight is 476 g/mol. The van der Waals surface area contributed by atoms with Gasteiger partial charge < -0.3 is 15.0 Å². The van der Waals surface area contributed by atoms with Crippen LogP contribution in [0, 0.1) is 12.8 Å². The van der Waals surface area contributed by atoms with Gasteiger partial charge in [0.15, 0.2) is 11.6 Å². The van der Waals surface area contributed by atoms with E-state index in [4.69, 9.17) is 4.74 Å². The number of nitrogens with zero attached hydrogens (tertiary/aromatic N) is 2. The maximum Gasteiger partial charge on any atom is 0.285 e. The van der Waals surface area contributed by atoms with Crippen LogP contribution in [0.5, 0.6) is 11.5 Å². The van der Waals surface area contributed by atoms with Gasteiger partial charge in [-0.3, -0.25) is 4.79 Å². The number of nitrogens with one attached hydrogen (secondary N) is 1. The van der Waals surface area contributed by atoms with Gasteiger partial charge in [0.05, 0.1) is 5.69 Å². The van der Waals surface area contributed by atoms with Gasteiger partial charge in [-0.25, -0.2) is 0 Å². The van der Waals surface area contributed by atoms with Crippen molar-refractivity contribution in [1.29, 1.82) is 0 Å². The second-order valence-electron chi connectivity index (χ2n) is 8.55. The monoisotopic (exact) mass is 475 g/mol. The lowest BCUT2D eigenvalue weighted by atomic mass is 9.95. The number of hydrogen-bond acceptors (Lipinski definition) is 5. The van der Waals surface area contributed by atoms with Gasteiger partial charge in [-0.05, 0) is 56.2 Å². The van der Waals surface area contributed by atoms with Gasteiger partial charge in [0.1, 0.15) is 10.6 Å². The van der Waals surface area contributed by atoms with Crippen LogP contribution in [0.25, 0.3) is 0 Å². The fourth-order valence-corrected chi connectivity index (χ4v) is 5.52. The molecule has 0 spiro atoms. The molecule has 0 aliphatic carbocycles. The number of benzene rings is 3. The molecule has 1 amide bonds. The molecule has 34 heavy (non-hydrogen) atoms. The molecule has 2 aliphatic rings. The van der Waals surface area contributed by atoms with Crippen LogP contribution >= 0.6 is 0 Å². The zero-order chi connectivity index (χ0) is 23.7. The number of fused-ring (bicyclic) bond motifs is 1. The van der Waals surface area contributed by atoms with Crippen molar-refractivity contribution in [2.75, 3.05) is 18.4 Å². The van der Waals surface area contributed by atoms with Crippen molar-refractivity contribution >= 4 is 27.5 Å². The van der Waals surface area contributed by atoms with E-state index >= 15 is 0 Å². The highest BCUT2D eigenvalue weighted by Gasteiger charge is 2.34. The number of anilines is 1. The third-order valence-corrected chi connectivity index (χ3v) is 7.50. The van der Waals surface area contributed by atoms with Crippen LogP contribution in [0.3, 0.4) is 0 Å². The lowest BCUT2D eigenvalue weighted by Gasteiger charge is -2.32. The summed E-state index contributed by atoms with van der Waals surface area (Å²) in [7, 11) is -3.65. The van der Waals surface area contributed by atoms with E-state index in [-0.39, 0.29) is 16.7 Å². The number of likely N-dealkylation sites (tertiary alicyclic amines) is 1. The Balaban J connectivity index is 1.24. The van der Waals surface area contributed by atoms with Crippen molar-refractivity contribution in [3.63, 3.8) is 0 Å². The molecule has 8 heteroatoms. The highest BCUT2D eigenvalue weighted by Crippen LogP contribution is 2.32. The first-order valence-electron chi connectivity index (χ1n) is 11.2. The minimum atomic E-state index is -3.65. The Hall–Kier alpha value is -3.65. The van der Waals surface area contributed by atoms with Gasteiger partial charge in [-0.1, -0.05) is 42.0 Å². The molecule has 0 bridgehead atoms. The van der Waals surface area contributed by atoms with Crippen molar-refractivity contribution in [3.8, 4) is 11.5 Å². The summed E-state index contributed by atoms with van der Waals surface area (Å²) in [6.07, 6.45) is 1.21. The number of amides is 1. The number of para-hydroxylation sites is 2. The van der Waals surface area contributed by atoms with Crippen LogP contribution in [-0.2, 0) is 14.8 Å². The highest BCUT2D eigenvalue weighted by atomic mass is 32.2. The molecule has 174 valence electrons. The standard InChI is InChI=1S/C26H25N3O4S/c1-18-10-12-20(13-11-18)33-23-8-4-3-7-22(23)27-26(30)19-14-16-29(17-15-19)25-21-6-2-5-9-24(21)34(31,32)28-25/h2-13,19H,14-17H2,1H3,(H,27,30). The van der Waals surface area contributed by atoms with E-state index in [1.165, 1.54) is 0 Å². The molecule has 0 radical (unpaired) electrons. The number of amidine groups is 1. The second kappa shape index (κ2) is 8.95. The number of carbonyl (C=O) groups is 1. The van der Waals surface area contributed by atoms with Gasteiger partial charge in [-0.15, -0.1) is 4.40 Å². The molecule has 1 N–H and O–H groups in total. The number of aryl methyl sites for hydroxylation is 1. The quantitative estimate of drug-likeness (QED) is 0.596. The normalized spacial score (nSPS) is 17.1. The van der Waals surface area contributed by atoms with Gasteiger partial charge in [-0.2, -0.15) is 8.42 Å². The van der Waals surface area contributed by atoms with E-state index in [0.29, 0.717) is 54.5 Å². The molecule has 3 aromatic rings. The number of piperidine rings is 1. The number of rotatable bonds is 4. The number of hydrogen-bond donors (Lipinski definition) is 1. The first kappa shape index (κ1) is 22.2. The topological polar surface area (TPSA) is 88.1 Å². The van der Waals surface area contributed by atoms with Gasteiger partial charge in [0.25, 0.3) is 10.0 Å². The summed E-state index contributed by atoms with van der Waals surface area (Å²) in [5.74, 6) is 1.51. The number of ether oxygens (including phenoxy) is 1. The molecular formula is C26H25N3O4S. The Morgan fingerprint density at radius 1 is 0.971 bits per heavy atom. The van der Waals surface area contributed by atoms with E-state index in [0.717, 1.165) is 5.56 Å². The fourth-order valence-electron chi connectivity index (χ4n) is 4.30. The van der Waals surface area contributed by atoms with Crippen LogP contribution in [0.2, 0.25) is 0 Å². The number of carbonyl (C=O) groups excluding carboxylic acids is 1. The van der Waals surface area contributed by atoms with Gasteiger partial charge in [0, 0.05) is 24.6 Å². The van der Waals surface area contributed by atoms with E-state index in [9.17, 15) is 13.2 Å². The third-order valence-electron chi connectivity index (χ3n) is 6.17. The molecule has 0 unspecified atom stereocenters. The van der Waals surface area contributed by atoms with Crippen LogP contribution in [-0.4, -0.2) is 38.2 Å². The Labute approximate surface area is 199 Å². The first-order chi connectivity index (χ1) is 16.4. The Kier molecular flexibility index (Phi) is 5.83. The lowest BCUT2D eigenvalue weighted by Crippen LogP contribution is -2.41. The predicted octanol–water partition coefficient (Wildman–Crippen LogP) is 4.59. The zero-order valence-electron chi connectivity index (χ0n) is 18.8. The smallest absolute Gasteiger partial charge is 0.285 e. The van der Waals surface area contributed by atoms with Crippen LogP contribution in [0.1, 0.15) is 24.0 Å². The fraction of sp³-hybridized carbons (Fsp3) is 0.231. The molecule has 1 saturated heterocycles. The lowest BCUT2D eigenvalue weighted by molar-refractivity contribution is -0.121. The molecule has 2 heterocycles. The summed E-state index contributed by atoms with van der Waals surface area (Å²) < 4.78 is 34.7. The molecule has 0 saturated carbocycles. The molecule has 2 aliphatic heterocycles. The van der Waals surface area contributed by atoms with Crippen molar-refractivity contribution in [2.24, 2.45) is 10.3 Å². The molecule has 0 atom stereocenters. The zero-order valence-corrected chi connectivity index (χ0v) is 19.6. The SMILES string of the molecule is Cc1ccc(Oc2ccccc2NC(=O)C2CCN(C3=NS(=O)(=O)c4ccccc43)CC2)cc1. The van der Waals surface area contributed by atoms with Crippen molar-refractivity contribution < 1.29 is 17.9 Å². The van der Waals surface area contributed by atoms with E-state index in [1.807, 2.05) is 66.4 Å². The average Bonchev–Trinajstić information content (AvgIpc) is 3.13. The summed E-state index contributed by atoms with van der Waals surface area (Å²) in [4.78, 5) is 15.2.